The van der Waals surface area contributed by atoms with Crippen molar-refractivity contribution in [3.05, 3.63) is 48.5 Å². The van der Waals surface area contributed by atoms with Crippen LogP contribution in [0.15, 0.2) is 65.4 Å². The number of hydrogen-bond acceptors (Lipinski definition) is 8. The van der Waals surface area contributed by atoms with Gasteiger partial charge in [0, 0.05) is 19.5 Å². The lowest BCUT2D eigenvalue weighted by atomic mass is 10.4. The van der Waals surface area contributed by atoms with E-state index in [1.165, 1.54) is 85.0 Å². The maximum atomic E-state index is 2.31. The summed E-state index contributed by atoms with van der Waals surface area (Å²) in [5, 5.41) is 0. The van der Waals surface area contributed by atoms with Crippen LogP contribution in [0.2, 0.25) is 0 Å². The Balaban J connectivity index is 1.23. The number of thioether (sulfide) groups is 4. The Bertz CT molecular complexity index is 938. The Morgan fingerprint density at radius 3 is 0.844 bits per heavy atom. The van der Waals surface area contributed by atoms with Crippen molar-refractivity contribution in [1.29, 1.82) is 0 Å². The van der Waals surface area contributed by atoms with Gasteiger partial charge in [-0.3, -0.25) is 0 Å². The summed E-state index contributed by atoms with van der Waals surface area (Å²) in [6, 6.07) is 18.5. The molecule has 0 saturated carbocycles. The average molecular weight is 569 g/mol. The second kappa shape index (κ2) is 12.2. The highest BCUT2D eigenvalue weighted by Crippen LogP contribution is 2.42. The van der Waals surface area contributed by atoms with E-state index in [1.807, 2.05) is 92.4 Å². The summed E-state index contributed by atoms with van der Waals surface area (Å²) in [4.78, 5) is 5.70. The first-order chi connectivity index (χ1) is 15.8. The van der Waals surface area contributed by atoms with E-state index in [-0.39, 0.29) is 0 Å². The fourth-order valence-electron chi connectivity index (χ4n) is 3.22. The number of thiophene rings is 4. The normalized spacial score (nSPS) is 16.5. The smallest absolute Gasteiger partial charge is 0.0605 e. The van der Waals surface area contributed by atoms with Gasteiger partial charge in [0.2, 0.25) is 0 Å². The summed E-state index contributed by atoms with van der Waals surface area (Å²) in [7, 11) is 0. The molecule has 1 aliphatic rings. The first-order valence-corrected chi connectivity index (χ1v) is 18.0. The van der Waals surface area contributed by atoms with E-state index in [1.54, 1.807) is 0 Å². The predicted molar refractivity (Wildman–Crippen MR) is 157 cm³/mol. The minimum atomic E-state index is 1.22. The molecule has 4 aromatic heterocycles. The van der Waals surface area contributed by atoms with Gasteiger partial charge in [-0.15, -0.1) is 92.4 Å². The summed E-state index contributed by atoms with van der Waals surface area (Å²) in [5.41, 5.74) is 0. The molecule has 0 aromatic carbocycles. The highest BCUT2D eigenvalue weighted by Gasteiger charge is 2.09. The highest BCUT2D eigenvalue weighted by atomic mass is 32.2. The third-order valence-corrected chi connectivity index (χ3v) is 14.8. The lowest BCUT2D eigenvalue weighted by Gasteiger charge is -2.00. The molecule has 5 heterocycles. The molecule has 4 aromatic rings. The molecular formula is C24H24S8. The van der Waals surface area contributed by atoms with Crippen molar-refractivity contribution < 1.29 is 0 Å². The molecule has 0 aliphatic carbocycles. The van der Waals surface area contributed by atoms with Gasteiger partial charge in [0.15, 0.2) is 0 Å². The largest absolute Gasteiger partial charge is 0.128 e. The van der Waals surface area contributed by atoms with Crippen LogP contribution in [0.1, 0.15) is 25.7 Å². The Morgan fingerprint density at radius 2 is 0.594 bits per heavy atom. The monoisotopic (exact) mass is 568 g/mol. The zero-order chi connectivity index (χ0) is 21.6. The lowest BCUT2D eigenvalue weighted by Crippen LogP contribution is -1.82. The molecule has 0 radical (unpaired) electrons. The molecule has 0 amide bonds. The van der Waals surface area contributed by atoms with Crippen LogP contribution >= 0.6 is 92.4 Å². The molecule has 0 spiro atoms. The summed E-state index contributed by atoms with van der Waals surface area (Å²) < 4.78 is 5.83. The molecule has 5 rings (SSSR count). The molecule has 0 fully saturated rings. The van der Waals surface area contributed by atoms with Crippen LogP contribution < -0.4 is 0 Å². The van der Waals surface area contributed by atoms with Crippen molar-refractivity contribution >= 4 is 92.4 Å². The molecule has 1 aliphatic heterocycles. The van der Waals surface area contributed by atoms with E-state index in [9.17, 15) is 0 Å². The second-order valence-corrected chi connectivity index (χ2v) is 17.2. The van der Waals surface area contributed by atoms with Crippen LogP contribution in [-0.4, -0.2) is 23.0 Å². The molecule has 32 heavy (non-hydrogen) atoms. The SMILES string of the molecule is c1cc2sc1SCCCCSc1ccc(s1)-c1ccc(s1)SCCCCSc1ccc-2s1. The Kier molecular flexibility index (Phi) is 9.16. The van der Waals surface area contributed by atoms with Crippen LogP contribution in [0.5, 0.6) is 0 Å². The van der Waals surface area contributed by atoms with Crippen molar-refractivity contribution in [1.82, 2.24) is 0 Å². The predicted octanol–water partition coefficient (Wildman–Crippen LogP) is 10.9. The van der Waals surface area contributed by atoms with Crippen molar-refractivity contribution in [2.24, 2.45) is 0 Å². The summed E-state index contributed by atoms with van der Waals surface area (Å²) in [6.45, 7) is 0. The Hall–Kier alpha value is 0.200. The van der Waals surface area contributed by atoms with Gasteiger partial charge < -0.3 is 0 Å². The summed E-state index contributed by atoms with van der Waals surface area (Å²) in [5.74, 6) is 4.88. The molecule has 8 bridgehead atoms. The maximum Gasteiger partial charge on any atom is 0.0605 e. The molecule has 168 valence electrons. The zero-order valence-electron chi connectivity index (χ0n) is 17.5. The first-order valence-electron chi connectivity index (χ1n) is 10.7. The number of fused-ring (bicyclic) bond motifs is 10. The van der Waals surface area contributed by atoms with Crippen LogP contribution in [0.3, 0.4) is 0 Å². The minimum absolute atomic E-state index is 1.22. The molecule has 0 atom stereocenters. The highest BCUT2D eigenvalue weighted by molar-refractivity contribution is 8.02. The van der Waals surface area contributed by atoms with Gasteiger partial charge in [-0.2, -0.15) is 0 Å². The van der Waals surface area contributed by atoms with Gasteiger partial charge in [-0.1, -0.05) is 0 Å². The standard InChI is InChI=1S/C24H24S8/c1-2-14-26-22-10-6-19(30-22)20-8-12-24(32-20)28-16-4-3-15-27-23-11-7-18(31-23)17-5-9-21(29-17)25-13-1/h5-12H,1-4,13-16H2. The fourth-order valence-corrected chi connectivity index (χ4v) is 12.2. The molecule has 8 heteroatoms. The van der Waals surface area contributed by atoms with Gasteiger partial charge >= 0.3 is 0 Å². The number of hydrogen-bond donors (Lipinski definition) is 0. The average Bonchev–Trinajstić information content (AvgIpc) is 3.59. The zero-order valence-corrected chi connectivity index (χ0v) is 24.1. The molecule has 0 unspecified atom stereocenters. The third kappa shape index (κ3) is 6.66. The van der Waals surface area contributed by atoms with E-state index in [0.717, 1.165) is 0 Å². The van der Waals surface area contributed by atoms with Gasteiger partial charge in [0.1, 0.15) is 0 Å². The number of rotatable bonds is 0. The second-order valence-electron chi connectivity index (χ2n) is 7.28. The van der Waals surface area contributed by atoms with E-state index in [2.05, 4.69) is 48.5 Å². The maximum absolute atomic E-state index is 2.31. The summed E-state index contributed by atoms with van der Waals surface area (Å²) in [6.07, 6.45) is 5.14. The fraction of sp³-hybridized carbons (Fsp3) is 0.333. The quantitative estimate of drug-likeness (QED) is 0.207. The van der Waals surface area contributed by atoms with E-state index in [0.29, 0.717) is 0 Å². The lowest BCUT2D eigenvalue weighted by molar-refractivity contribution is 0.908. The third-order valence-electron chi connectivity index (χ3n) is 4.87. The molecular weight excluding hydrogens is 545 g/mol. The van der Waals surface area contributed by atoms with Crippen LogP contribution in [0.25, 0.3) is 19.5 Å². The van der Waals surface area contributed by atoms with Crippen molar-refractivity contribution in [3.8, 4) is 19.5 Å². The topological polar surface area (TPSA) is 0 Å². The van der Waals surface area contributed by atoms with Gasteiger partial charge in [0.25, 0.3) is 0 Å². The van der Waals surface area contributed by atoms with Crippen molar-refractivity contribution in [3.63, 3.8) is 0 Å². The van der Waals surface area contributed by atoms with E-state index >= 15 is 0 Å². The first kappa shape index (κ1) is 23.9. The Labute approximate surface area is 224 Å². The Morgan fingerprint density at radius 1 is 0.344 bits per heavy atom. The van der Waals surface area contributed by atoms with Crippen LogP contribution in [-0.2, 0) is 0 Å². The van der Waals surface area contributed by atoms with Gasteiger partial charge in [-0.25, -0.2) is 0 Å². The molecule has 0 nitrogen and oxygen atoms in total. The van der Waals surface area contributed by atoms with Crippen molar-refractivity contribution in [2.45, 2.75) is 42.5 Å². The van der Waals surface area contributed by atoms with E-state index in [4.69, 9.17) is 0 Å². The van der Waals surface area contributed by atoms with E-state index < -0.39 is 0 Å². The molecule has 0 N–H and O–H groups in total. The van der Waals surface area contributed by atoms with Crippen LogP contribution in [0.4, 0.5) is 0 Å². The van der Waals surface area contributed by atoms with Crippen LogP contribution in [0, 0.1) is 0 Å². The van der Waals surface area contributed by atoms with Crippen molar-refractivity contribution in [2.75, 3.05) is 23.0 Å². The molecule has 0 saturated heterocycles. The summed E-state index contributed by atoms with van der Waals surface area (Å²) >= 11 is 15.9. The van der Waals surface area contributed by atoms with Gasteiger partial charge in [-0.05, 0) is 97.2 Å². The van der Waals surface area contributed by atoms with Gasteiger partial charge in [0.05, 0.1) is 16.8 Å². The minimum Gasteiger partial charge on any atom is -0.128 e.